The van der Waals surface area contributed by atoms with Crippen LogP contribution >= 0.6 is 0 Å². The van der Waals surface area contributed by atoms with Crippen LogP contribution in [0.15, 0.2) is 78.9 Å². The molecule has 4 aromatic rings. The summed E-state index contributed by atoms with van der Waals surface area (Å²) >= 11 is 0. The summed E-state index contributed by atoms with van der Waals surface area (Å²) in [6.45, 7) is 0.535. The number of hydrogen-bond acceptors (Lipinski definition) is 4. The molecule has 1 unspecified atom stereocenters. The third kappa shape index (κ3) is 3.73. The summed E-state index contributed by atoms with van der Waals surface area (Å²) < 4.78 is 16.7. The molecule has 1 heterocycles. The average Bonchev–Trinajstić information content (AvgIpc) is 2.89. The van der Waals surface area contributed by atoms with Crippen molar-refractivity contribution in [2.24, 2.45) is 0 Å². The van der Waals surface area contributed by atoms with Gasteiger partial charge >= 0.3 is 0 Å². The smallest absolute Gasteiger partial charge is 0.228 e. The molecule has 0 radical (unpaired) electrons. The number of carbonyl (C=O) groups is 1. The molecular formula is C29H27NO4. The SMILES string of the molecule is COc1cc(C2CC(=O)N(Cc3ccccc3)c3ccc4ccccc4c32)cc(OC)c1OC. The maximum Gasteiger partial charge on any atom is 0.228 e. The van der Waals surface area contributed by atoms with E-state index in [0.29, 0.717) is 30.2 Å². The Hall–Kier alpha value is -3.99. The van der Waals surface area contributed by atoms with Gasteiger partial charge in [0.05, 0.1) is 27.9 Å². The number of rotatable bonds is 6. The number of nitrogens with zero attached hydrogens (tertiary/aromatic N) is 1. The van der Waals surface area contributed by atoms with Crippen LogP contribution in [0.2, 0.25) is 0 Å². The van der Waals surface area contributed by atoms with E-state index in [9.17, 15) is 4.79 Å². The Morgan fingerprint density at radius 1 is 0.824 bits per heavy atom. The van der Waals surface area contributed by atoms with Gasteiger partial charge in [0.25, 0.3) is 0 Å². The quantitative estimate of drug-likeness (QED) is 0.363. The molecule has 4 aromatic carbocycles. The van der Waals surface area contributed by atoms with Gasteiger partial charge in [0, 0.05) is 18.0 Å². The summed E-state index contributed by atoms with van der Waals surface area (Å²) in [4.78, 5) is 15.5. The monoisotopic (exact) mass is 453 g/mol. The molecule has 0 bridgehead atoms. The zero-order valence-corrected chi connectivity index (χ0v) is 19.6. The maximum absolute atomic E-state index is 13.6. The van der Waals surface area contributed by atoms with E-state index in [4.69, 9.17) is 14.2 Å². The van der Waals surface area contributed by atoms with Crippen molar-refractivity contribution in [2.75, 3.05) is 26.2 Å². The van der Waals surface area contributed by atoms with E-state index in [0.717, 1.165) is 33.2 Å². The Morgan fingerprint density at radius 2 is 1.50 bits per heavy atom. The van der Waals surface area contributed by atoms with E-state index in [-0.39, 0.29) is 11.8 Å². The summed E-state index contributed by atoms with van der Waals surface area (Å²) in [5, 5.41) is 2.29. The second kappa shape index (κ2) is 9.10. The van der Waals surface area contributed by atoms with Gasteiger partial charge in [0.1, 0.15) is 0 Å². The third-order valence-electron chi connectivity index (χ3n) is 6.54. The molecule has 1 atom stereocenters. The first-order valence-electron chi connectivity index (χ1n) is 11.3. The Bertz CT molecular complexity index is 1320. The van der Waals surface area contributed by atoms with E-state index < -0.39 is 0 Å². The van der Waals surface area contributed by atoms with Crippen LogP contribution in [0.25, 0.3) is 10.8 Å². The predicted octanol–water partition coefficient (Wildman–Crippen LogP) is 5.93. The highest BCUT2D eigenvalue weighted by Crippen LogP contribution is 2.48. The van der Waals surface area contributed by atoms with E-state index in [2.05, 4.69) is 36.4 Å². The lowest BCUT2D eigenvalue weighted by Crippen LogP contribution is -2.36. The highest BCUT2D eigenvalue weighted by Gasteiger charge is 2.34. The van der Waals surface area contributed by atoms with Gasteiger partial charge in [-0.2, -0.15) is 0 Å². The molecule has 1 amide bonds. The molecule has 5 nitrogen and oxygen atoms in total. The summed E-state index contributed by atoms with van der Waals surface area (Å²) in [5.41, 5.74) is 4.14. The lowest BCUT2D eigenvalue weighted by molar-refractivity contribution is -0.119. The first-order valence-corrected chi connectivity index (χ1v) is 11.3. The minimum absolute atomic E-state index is 0.0883. The van der Waals surface area contributed by atoms with Gasteiger partial charge in [0.2, 0.25) is 11.7 Å². The number of benzene rings is 4. The first-order chi connectivity index (χ1) is 16.6. The Balaban J connectivity index is 1.71. The highest BCUT2D eigenvalue weighted by atomic mass is 16.5. The molecule has 34 heavy (non-hydrogen) atoms. The Morgan fingerprint density at radius 3 is 2.18 bits per heavy atom. The topological polar surface area (TPSA) is 48.0 Å². The van der Waals surface area contributed by atoms with Crippen molar-refractivity contribution in [3.8, 4) is 17.2 Å². The van der Waals surface area contributed by atoms with Crippen LogP contribution in [0.4, 0.5) is 5.69 Å². The number of anilines is 1. The maximum atomic E-state index is 13.6. The number of fused-ring (bicyclic) bond motifs is 3. The number of methoxy groups -OCH3 is 3. The van der Waals surface area contributed by atoms with Crippen molar-refractivity contribution in [2.45, 2.75) is 18.9 Å². The van der Waals surface area contributed by atoms with E-state index in [1.165, 1.54) is 0 Å². The van der Waals surface area contributed by atoms with Crippen LogP contribution in [0, 0.1) is 0 Å². The van der Waals surface area contributed by atoms with E-state index in [1.54, 1.807) is 21.3 Å². The van der Waals surface area contributed by atoms with Gasteiger partial charge in [-0.15, -0.1) is 0 Å². The lowest BCUT2D eigenvalue weighted by atomic mass is 9.81. The van der Waals surface area contributed by atoms with E-state index >= 15 is 0 Å². The molecule has 5 heteroatoms. The van der Waals surface area contributed by atoms with Crippen molar-refractivity contribution in [3.63, 3.8) is 0 Å². The Kier molecular flexibility index (Phi) is 5.84. The molecule has 0 spiro atoms. The van der Waals surface area contributed by atoms with Crippen molar-refractivity contribution in [1.29, 1.82) is 0 Å². The molecule has 0 fully saturated rings. The lowest BCUT2D eigenvalue weighted by Gasteiger charge is -2.35. The van der Waals surface area contributed by atoms with Gasteiger partial charge in [-0.3, -0.25) is 4.79 Å². The summed E-state index contributed by atoms with van der Waals surface area (Å²) in [5.74, 6) is 1.65. The van der Waals surface area contributed by atoms with Gasteiger partial charge in [-0.1, -0.05) is 60.7 Å². The van der Waals surface area contributed by atoms with Crippen LogP contribution < -0.4 is 19.1 Å². The Labute approximate surface area is 199 Å². The minimum Gasteiger partial charge on any atom is -0.493 e. The van der Waals surface area contributed by atoms with Crippen LogP contribution in [0.1, 0.15) is 29.0 Å². The molecule has 5 rings (SSSR count). The first kappa shape index (κ1) is 21.8. The zero-order chi connectivity index (χ0) is 23.7. The standard InChI is InChI=1S/C29H27NO4/c1-32-25-15-21(16-26(33-2)29(25)34-3)23-17-27(31)30(18-19-9-5-4-6-10-19)24-14-13-20-11-7-8-12-22(20)28(23)24/h4-16,23H,17-18H2,1-3H3. The molecule has 0 saturated carbocycles. The van der Waals surface area contributed by atoms with Crippen molar-refractivity contribution in [1.82, 2.24) is 0 Å². The fourth-order valence-corrected chi connectivity index (χ4v) is 4.93. The van der Waals surface area contributed by atoms with Crippen molar-refractivity contribution < 1.29 is 19.0 Å². The molecule has 1 aliphatic heterocycles. The zero-order valence-electron chi connectivity index (χ0n) is 19.6. The fourth-order valence-electron chi connectivity index (χ4n) is 4.93. The van der Waals surface area contributed by atoms with Crippen LogP contribution in [-0.2, 0) is 11.3 Å². The number of carbonyl (C=O) groups excluding carboxylic acids is 1. The molecule has 0 aliphatic carbocycles. The summed E-state index contributed by atoms with van der Waals surface area (Å²) in [6.07, 6.45) is 0.354. The van der Waals surface area contributed by atoms with Crippen molar-refractivity contribution >= 4 is 22.4 Å². The summed E-state index contributed by atoms with van der Waals surface area (Å²) in [6, 6.07) is 26.5. The fraction of sp³-hybridized carbons (Fsp3) is 0.207. The highest BCUT2D eigenvalue weighted by molar-refractivity contribution is 6.03. The summed E-state index contributed by atoms with van der Waals surface area (Å²) in [7, 11) is 4.81. The van der Waals surface area contributed by atoms with Gasteiger partial charge in [0.15, 0.2) is 11.5 Å². The molecule has 0 aromatic heterocycles. The molecule has 172 valence electrons. The third-order valence-corrected chi connectivity index (χ3v) is 6.54. The minimum atomic E-state index is -0.144. The molecular weight excluding hydrogens is 426 g/mol. The van der Waals surface area contributed by atoms with Crippen LogP contribution in [0.5, 0.6) is 17.2 Å². The van der Waals surface area contributed by atoms with Gasteiger partial charge in [-0.05, 0) is 45.7 Å². The van der Waals surface area contributed by atoms with E-state index in [1.807, 2.05) is 47.4 Å². The average molecular weight is 454 g/mol. The van der Waals surface area contributed by atoms with Crippen LogP contribution in [0.3, 0.4) is 0 Å². The normalized spacial score (nSPS) is 15.2. The number of ether oxygens (including phenoxy) is 3. The molecule has 0 N–H and O–H groups in total. The number of hydrogen-bond donors (Lipinski definition) is 0. The molecule has 1 aliphatic rings. The second-order valence-electron chi connectivity index (χ2n) is 8.40. The van der Waals surface area contributed by atoms with Crippen molar-refractivity contribution in [3.05, 3.63) is 95.6 Å². The molecule has 0 saturated heterocycles. The predicted molar refractivity (Wildman–Crippen MR) is 134 cm³/mol. The second-order valence-corrected chi connectivity index (χ2v) is 8.40. The largest absolute Gasteiger partial charge is 0.493 e. The number of amides is 1. The van der Waals surface area contributed by atoms with Gasteiger partial charge < -0.3 is 19.1 Å². The van der Waals surface area contributed by atoms with Crippen LogP contribution in [-0.4, -0.2) is 27.2 Å². The van der Waals surface area contributed by atoms with Gasteiger partial charge in [-0.25, -0.2) is 0 Å².